The van der Waals surface area contributed by atoms with Crippen molar-refractivity contribution in [3.8, 4) is 5.75 Å². The first-order valence-electron chi connectivity index (χ1n) is 6.65. The van der Waals surface area contributed by atoms with Crippen molar-refractivity contribution in [1.29, 1.82) is 0 Å². The Morgan fingerprint density at radius 1 is 1.04 bits per heavy atom. The standard InChI is InChI=1S/C15H11Cl4NO4S/c1-25(22,23)9-4-2-8(3-5-9)24-7-12(21)20-15-13(18)10(16)6-11(17)14(15)19/h2-6H,7H2,1H3,(H,20,21). The van der Waals surface area contributed by atoms with Crippen LogP contribution in [-0.2, 0) is 14.6 Å². The molecule has 0 heterocycles. The second-order valence-corrected chi connectivity index (χ2v) is 8.51. The number of anilines is 1. The zero-order valence-electron chi connectivity index (χ0n) is 12.6. The largest absolute Gasteiger partial charge is 0.484 e. The first kappa shape index (κ1) is 20.1. The molecule has 0 aliphatic rings. The third kappa shape index (κ3) is 5.15. The number of halogens is 4. The van der Waals surface area contributed by atoms with Gasteiger partial charge in [0.15, 0.2) is 16.4 Å². The summed E-state index contributed by atoms with van der Waals surface area (Å²) in [5.41, 5.74) is 0.0851. The number of carbonyl (C=O) groups excluding carboxylic acids is 1. The van der Waals surface area contributed by atoms with Crippen LogP contribution in [0.1, 0.15) is 0 Å². The molecule has 1 N–H and O–H groups in total. The number of benzene rings is 2. The van der Waals surface area contributed by atoms with Gasteiger partial charge in [0.25, 0.3) is 5.91 Å². The quantitative estimate of drug-likeness (QED) is 0.679. The number of hydrogen-bond acceptors (Lipinski definition) is 4. The highest BCUT2D eigenvalue weighted by Crippen LogP contribution is 2.40. The average Bonchev–Trinajstić information content (AvgIpc) is 2.54. The van der Waals surface area contributed by atoms with Crippen LogP contribution in [0, 0.1) is 0 Å². The van der Waals surface area contributed by atoms with Crippen LogP contribution in [0.2, 0.25) is 20.1 Å². The highest BCUT2D eigenvalue weighted by atomic mass is 35.5. The lowest BCUT2D eigenvalue weighted by Crippen LogP contribution is -2.20. The topological polar surface area (TPSA) is 72.5 Å². The van der Waals surface area contributed by atoms with Crippen LogP contribution in [0.4, 0.5) is 5.69 Å². The summed E-state index contributed by atoms with van der Waals surface area (Å²) in [7, 11) is -3.30. The third-order valence-corrected chi connectivity index (χ3v) is 5.70. The van der Waals surface area contributed by atoms with E-state index in [1.165, 1.54) is 30.3 Å². The molecule has 0 saturated heterocycles. The first-order valence-corrected chi connectivity index (χ1v) is 10.1. The number of sulfone groups is 1. The molecule has 0 radical (unpaired) electrons. The fourth-order valence-corrected chi connectivity index (χ4v) is 3.32. The summed E-state index contributed by atoms with van der Waals surface area (Å²) < 4.78 is 28.1. The van der Waals surface area contributed by atoms with Gasteiger partial charge in [-0.25, -0.2) is 8.42 Å². The molecule has 2 aromatic rings. The molecule has 25 heavy (non-hydrogen) atoms. The summed E-state index contributed by atoms with van der Waals surface area (Å²) in [6.07, 6.45) is 1.10. The van der Waals surface area contributed by atoms with Gasteiger partial charge in [-0.15, -0.1) is 0 Å². The molecule has 0 saturated carbocycles. The number of rotatable bonds is 5. The molecule has 0 atom stereocenters. The molecule has 0 aliphatic carbocycles. The number of nitrogens with one attached hydrogen (secondary N) is 1. The SMILES string of the molecule is CS(=O)(=O)c1ccc(OCC(=O)Nc2c(Cl)c(Cl)cc(Cl)c2Cl)cc1. The van der Waals surface area contributed by atoms with Gasteiger partial charge in [-0.2, -0.15) is 0 Å². The monoisotopic (exact) mass is 441 g/mol. The van der Waals surface area contributed by atoms with E-state index < -0.39 is 15.7 Å². The van der Waals surface area contributed by atoms with Gasteiger partial charge in [-0.1, -0.05) is 46.4 Å². The molecule has 0 aliphatic heterocycles. The summed E-state index contributed by atoms with van der Waals surface area (Å²) in [6, 6.07) is 7.02. The Labute approximate surface area is 164 Å². The lowest BCUT2D eigenvalue weighted by atomic mass is 10.3. The van der Waals surface area contributed by atoms with Crippen molar-refractivity contribution in [2.45, 2.75) is 4.90 Å². The van der Waals surface area contributed by atoms with Crippen LogP contribution in [-0.4, -0.2) is 27.2 Å². The van der Waals surface area contributed by atoms with E-state index in [9.17, 15) is 13.2 Å². The molecule has 1 amide bonds. The van der Waals surface area contributed by atoms with E-state index in [0.717, 1.165) is 6.26 Å². The Balaban J connectivity index is 2.05. The first-order chi connectivity index (χ1) is 11.6. The fourth-order valence-electron chi connectivity index (χ4n) is 1.79. The molecule has 134 valence electrons. The zero-order valence-corrected chi connectivity index (χ0v) is 16.5. The van der Waals surface area contributed by atoms with Crippen molar-refractivity contribution >= 4 is 67.8 Å². The van der Waals surface area contributed by atoms with E-state index in [-0.39, 0.29) is 37.3 Å². The molecule has 5 nitrogen and oxygen atoms in total. The highest BCUT2D eigenvalue weighted by molar-refractivity contribution is 7.90. The van der Waals surface area contributed by atoms with E-state index in [1.807, 2.05) is 0 Å². The lowest BCUT2D eigenvalue weighted by Gasteiger charge is -2.12. The Bertz CT molecular complexity index is 888. The number of carbonyl (C=O) groups is 1. The van der Waals surface area contributed by atoms with Crippen molar-refractivity contribution < 1.29 is 17.9 Å². The van der Waals surface area contributed by atoms with Crippen LogP contribution in [0.5, 0.6) is 5.75 Å². The summed E-state index contributed by atoms with van der Waals surface area (Å²) in [5, 5.41) is 2.87. The van der Waals surface area contributed by atoms with Crippen molar-refractivity contribution in [3.05, 3.63) is 50.4 Å². The minimum absolute atomic E-state index is 0.0573. The second-order valence-electron chi connectivity index (χ2n) is 4.92. The molecule has 0 aromatic heterocycles. The van der Waals surface area contributed by atoms with Gasteiger partial charge >= 0.3 is 0 Å². The Morgan fingerprint density at radius 3 is 2.04 bits per heavy atom. The van der Waals surface area contributed by atoms with Crippen LogP contribution >= 0.6 is 46.4 Å². The van der Waals surface area contributed by atoms with Gasteiger partial charge in [-0.05, 0) is 30.3 Å². The minimum Gasteiger partial charge on any atom is -0.484 e. The van der Waals surface area contributed by atoms with E-state index >= 15 is 0 Å². The molecule has 0 bridgehead atoms. The van der Waals surface area contributed by atoms with Crippen molar-refractivity contribution in [2.75, 3.05) is 18.2 Å². The second kappa shape index (κ2) is 8.01. The normalized spacial score (nSPS) is 11.2. The van der Waals surface area contributed by atoms with Crippen LogP contribution in [0.25, 0.3) is 0 Å². The lowest BCUT2D eigenvalue weighted by molar-refractivity contribution is -0.118. The van der Waals surface area contributed by atoms with E-state index in [2.05, 4.69) is 5.32 Å². The van der Waals surface area contributed by atoms with Crippen molar-refractivity contribution in [2.24, 2.45) is 0 Å². The predicted molar refractivity (Wildman–Crippen MR) is 100 cm³/mol. The Hall–Kier alpha value is -1.18. The maximum Gasteiger partial charge on any atom is 0.262 e. The summed E-state index contributed by atoms with van der Waals surface area (Å²) in [6.45, 7) is -0.352. The smallest absolute Gasteiger partial charge is 0.262 e. The Kier molecular flexibility index (Phi) is 6.45. The van der Waals surface area contributed by atoms with Gasteiger partial charge in [0.2, 0.25) is 0 Å². The van der Waals surface area contributed by atoms with E-state index in [0.29, 0.717) is 5.75 Å². The fraction of sp³-hybridized carbons (Fsp3) is 0.133. The molecule has 10 heteroatoms. The van der Waals surface area contributed by atoms with Crippen molar-refractivity contribution in [1.82, 2.24) is 0 Å². The molecule has 0 unspecified atom stereocenters. The molecular formula is C15H11Cl4NO4S. The van der Waals surface area contributed by atoms with Gasteiger partial charge in [-0.3, -0.25) is 4.79 Å². The number of ether oxygens (including phenoxy) is 1. The molecule has 0 fully saturated rings. The molecular weight excluding hydrogens is 432 g/mol. The van der Waals surface area contributed by atoms with E-state index in [1.54, 1.807) is 0 Å². The summed E-state index contributed by atoms with van der Waals surface area (Å²) in [5.74, 6) is -0.224. The molecule has 2 rings (SSSR count). The zero-order chi connectivity index (χ0) is 18.8. The Morgan fingerprint density at radius 2 is 1.56 bits per heavy atom. The summed E-state index contributed by atoms with van der Waals surface area (Å²) in [4.78, 5) is 12.2. The number of amides is 1. The van der Waals surface area contributed by atoms with Gasteiger partial charge in [0.05, 0.1) is 30.7 Å². The third-order valence-electron chi connectivity index (χ3n) is 3.00. The summed E-state index contributed by atoms with van der Waals surface area (Å²) >= 11 is 23.8. The van der Waals surface area contributed by atoms with Crippen molar-refractivity contribution in [3.63, 3.8) is 0 Å². The minimum atomic E-state index is -3.30. The average molecular weight is 443 g/mol. The van der Waals surface area contributed by atoms with Crippen LogP contribution < -0.4 is 10.1 Å². The predicted octanol–water partition coefficient (Wildman–Crippen LogP) is 4.72. The maximum atomic E-state index is 12.0. The van der Waals surface area contributed by atoms with Gasteiger partial charge < -0.3 is 10.1 Å². The van der Waals surface area contributed by atoms with E-state index in [4.69, 9.17) is 51.1 Å². The van der Waals surface area contributed by atoms with Gasteiger partial charge in [0, 0.05) is 6.26 Å². The van der Waals surface area contributed by atoms with Gasteiger partial charge in [0.1, 0.15) is 5.75 Å². The molecule has 0 spiro atoms. The van der Waals surface area contributed by atoms with Crippen LogP contribution in [0.3, 0.4) is 0 Å². The van der Waals surface area contributed by atoms with Crippen LogP contribution in [0.15, 0.2) is 35.2 Å². The maximum absolute atomic E-state index is 12.0. The highest BCUT2D eigenvalue weighted by Gasteiger charge is 2.16. The number of hydrogen-bond donors (Lipinski definition) is 1. The molecule has 2 aromatic carbocycles.